The van der Waals surface area contributed by atoms with Gasteiger partial charge in [0.15, 0.2) is 0 Å². The summed E-state index contributed by atoms with van der Waals surface area (Å²) in [5, 5.41) is 0. The molecule has 0 N–H and O–H groups in total. The van der Waals surface area contributed by atoms with E-state index in [0.717, 1.165) is 0 Å². The van der Waals surface area contributed by atoms with Gasteiger partial charge in [0, 0.05) is 0 Å². The van der Waals surface area contributed by atoms with E-state index in [2.05, 4.69) is 76.2 Å². The lowest BCUT2D eigenvalue weighted by Gasteiger charge is -2.34. The number of allylic oxidation sites excluding steroid dienone is 2. The van der Waals surface area contributed by atoms with Crippen molar-refractivity contribution in [3.8, 4) is 0 Å². The van der Waals surface area contributed by atoms with Crippen molar-refractivity contribution in [2.75, 3.05) is 0 Å². The first-order chi connectivity index (χ1) is 10.5. The van der Waals surface area contributed by atoms with E-state index in [1.807, 2.05) is 0 Å². The average Bonchev–Trinajstić information content (AvgIpc) is 2.49. The van der Waals surface area contributed by atoms with Crippen LogP contribution in [0.15, 0.2) is 59.7 Å². The van der Waals surface area contributed by atoms with Crippen molar-refractivity contribution in [2.24, 2.45) is 0 Å². The van der Waals surface area contributed by atoms with Gasteiger partial charge in [0.2, 0.25) is 0 Å². The summed E-state index contributed by atoms with van der Waals surface area (Å²) in [6, 6.07) is 18.2. The van der Waals surface area contributed by atoms with E-state index in [1.54, 1.807) is 11.1 Å². The van der Waals surface area contributed by atoms with Gasteiger partial charge >= 0.3 is 0 Å². The molecular weight excluding hydrogens is 264 g/mol. The van der Waals surface area contributed by atoms with Crippen LogP contribution in [0.3, 0.4) is 0 Å². The topological polar surface area (TPSA) is 0 Å². The summed E-state index contributed by atoms with van der Waals surface area (Å²) < 4.78 is 0. The van der Waals surface area contributed by atoms with E-state index in [-0.39, 0.29) is 0 Å². The van der Waals surface area contributed by atoms with Crippen LogP contribution in [0.2, 0.25) is 0 Å². The van der Waals surface area contributed by atoms with Gasteiger partial charge in [-0.1, -0.05) is 70.8 Å². The number of hydrogen-bond donors (Lipinski definition) is 0. The normalized spacial score (nSPS) is 22.0. The van der Waals surface area contributed by atoms with Gasteiger partial charge in [-0.15, -0.1) is 0 Å². The highest BCUT2D eigenvalue weighted by Gasteiger charge is 2.29. The predicted molar refractivity (Wildman–Crippen MR) is 95.4 cm³/mol. The Bertz CT molecular complexity index is 644. The Morgan fingerprint density at radius 2 is 1.05 bits per heavy atom. The van der Waals surface area contributed by atoms with Crippen molar-refractivity contribution < 1.29 is 0 Å². The van der Waals surface area contributed by atoms with Crippen LogP contribution in [0.25, 0.3) is 0 Å². The molecule has 2 aromatic rings. The third-order valence-electron chi connectivity index (χ3n) is 5.21. The van der Waals surface area contributed by atoms with E-state index >= 15 is 0 Å². The zero-order valence-electron chi connectivity index (χ0n) is 14.2. The first-order valence-electron chi connectivity index (χ1n) is 8.33. The second-order valence-electron chi connectivity index (χ2n) is 7.01. The Kier molecular flexibility index (Phi) is 4.20. The molecule has 0 heterocycles. The van der Waals surface area contributed by atoms with E-state index in [4.69, 9.17) is 0 Å². The zero-order valence-corrected chi connectivity index (χ0v) is 14.2. The molecule has 0 radical (unpaired) electrons. The Hall–Kier alpha value is -1.82. The van der Waals surface area contributed by atoms with Crippen LogP contribution in [0, 0.1) is 13.8 Å². The Morgan fingerprint density at radius 3 is 1.41 bits per heavy atom. The van der Waals surface area contributed by atoms with Gasteiger partial charge in [0.25, 0.3) is 0 Å². The molecule has 0 amide bonds. The van der Waals surface area contributed by atoms with Crippen molar-refractivity contribution >= 4 is 0 Å². The lowest BCUT2D eigenvalue weighted by atomic mass is 9.70. The van der Waals surface area contributed by atoms with E-state index in [1.165, 1.54) is 35.1 Å². The van der Waals surface area contributed by atoms with E-state index in [9.17, 15) is 0 Å². The molecule has 0 aromatic heterocycles. The summed E-state index contributed by atoms with van der Waals surface area (Å²) >= 11 is 0. The molecule has 114 valence electrons. The average molecular weight is 290 g/mol. The predicted octanol–water partition coefficient (Wildman–Crippen LogP) is 6.30. The maximum absolute atomic E-state index is 2.38. The number of aryl methyl sites for hydroxylation is 2. The number of benzene rings is 2. The summed E-state index contributed by atoms with van der Waals surface area (Å²) in [5.74, 6) is 1.20. The first-order valence-corrected chi connectivity index (χ1v) is 8.33. The molecule has 0 spiro atoms. The molecule has 2 aromatic carbocycles. The van der Waals surface area contributed by atoms with Crippen molar-refractivity contribution in [1.29, 1.82) is 0 Å². The van der Waals surface area contributed by atoms with E-state index in [0.29, 0.717) is 11.8 Å². The van der Waals surface area contributed by atoms with Gasteiger partial charge < -0.3 is 0 Å². The maximum atomic E-state index is 2.38. The Balaban J connectivity index is 2.04. The summed E-state index contributed by atoms with van der Waals surface area (Å²) in [6.45, 7) is 9.01. The minimum atomic E-state index is 0.602. The molecule has 0 fully saturated rings. The van der Waals surface area contributed by atoms with E-state index < -0.39 is 0 Å². The molecular formula is C22H26. The lowest BCUT2D eigenvalue weighted by Crippen LogP contribution is -2.18. The fourth-order valence-corrected chi connectivity index (χ4v) is 3.79. The van der Waals surface area contributed by atoms with Crippen molar-refractivity contribution in [3.63, 3.8) is 0 Å². The second-order valence-corrected chi connectivity index (χ2v) is 7.01. The Labute approximate surface area is 134 Å². The monoisotopic (exact) mass is 290 g/mol. The molecule has 1 aliphatic carbocycles. The summed E-state index contributed by atoms with van der Waals surface area (Å²) in [6.07, 6.45) is 2.38. The molecule has 3 rings (SSSR count). The third-order valence-corrected chi connectivity index (χ3v) is 5.21. The molecule has 0 aliphatic heterocycles. The highest BCUT2D eigenvalue weighted by Crippen LogP contribution is 2.46. The summed E-state index contributed by atoms with van der Waals surface area (Å²) in [5.41, 5.74) is 8.89. The fraction of sp³-hybridized carbons (Fsp3) is 0.364. The van der Waals surface area contributed by atoms with Crippen LogP contribution in [-0.2, 0) is 0 Å². The van der Waals surface area contributed by atoms with Gasteiger partial charge in [-0.3, -0.25) is 0 Å². The summed E-state index contributed by atoms with van der Waals surface area (Å²) in [7, 11) is 0. The zero-order chi connectivity index (χ0) is 15.7. The third kappa shape index (κ3) is 3.02. The minimum absolute atomic E-state index is 0.602. The minimum Gasteiger partial charge on any atom is -0.0737 e. The highest BCUT2D eigenvalue weighted by molar-refractivity contribution is 5.37. The molecule has 0 nitrogen and oxygen atoms in total. The number of hydrogen-bond acceptors (Lipinski definition) is 0. The van der Waals surface area contributed by atoms with Crippen molar-refractivity contribution in [1.82, 2.24) is 0 Å². The second kappa shape index (κ2) is 6.12. The highest BCUT2D eigenvalue weighted by atomic mass is 14.3. The quantitative estimate of drug-likeness (QED) is 0.569. The number of rotatable bonds is 2. The fourth-order valence-electron chi connectivity index (χ4n) is 3.79. The van der Waals surface area contributed by atoms with Crippen LogP contribution in [0.4, 0.5) is 0 Å². The molecule has 1 aliphatic rings. The molecule has 0 unspecified atom stereocenters. The molecule has 22 heavy (non-hydrogen) atoms. The molecule has 0 saturated heterocycles. The Morgan fingerprint density at radius 1 is 0.636 bits per heavy atom. The van der Waals surface area contributed by atoms with Gasteiger partial charge in [-0.25, -0.2) is 0 Å². The van der Waals surface area contributed by atoms with Gasteiger partial charge in [-0.05, 0) is 63.5 Å². The smallest absolute Gasteiger partial charge is 0.00527 e. The van der Waals surface area contributed by atoms with Crippen LogP contribution in [0.1, 0.15) is 60.8 Å². The van der Waals surface area contributed by atoms with Crippen molar-refractivity contribution in [3.05, 3.63) is 81.9 Å². The van der Waals surface area contributed by atoms with Crippen LogP contribution < -0.4 is 0 Å². The van der Waals surface area contributed by atoms with Gasteiger partial charge in [0.05, 0.1) is 0 Å². The standard InChI is InChI=1S/C22H26/c1-15-7-5-9-19(11-15)21-13-17(3)18(4)14-22(21)20-10-6-8-16(2)12-20/h5-12,21-22H,13-14H2,1-4H3/t21-,22-/m0/s1. The lowest BCUT2D eigenvalue weighted by molar-refractivity contribution is 0.496. The molecule has 0 bridgehead atoms. The SMILES string of the molecule is CC1=C(C)C[C@@H](c2cccc(C)c2)[C@H](c2cccc(C)c2)C1. The largest absolute Gasteiger partial charge is 0.0737 e. The summed E-state index contributed by atoms with van der Waals surface area (Å²) in [4.78, 5) is 0. The van der Waals surface area contributed by atoms with Crippen LogP contribution >= 0.6 is 0 Å². The van der Waals surface area contributed by atoms with Crippen LogP contribution in [-0.4, -0.2) is 0 Å². The molecule has 2 atom stereocenters. The first kappa shape index (κ1) is 15.1. The molecule has 0 saturated carbocycles. The van der Waals surface area contributed by atoms with Gasteiger partial charge in [0.1, 0.15) is 0 Å². The van der Waals surface area contributed by atoms with Crippen molar-refractivity contribution in [2.45, 2.75) is 52.4 Å². The van der Waals surface area contributed by atoms with Gasteiger partial charge in [-0.2, -0.15) is 0 Å². The maximum Gasteiger partial charge on any atom is -0.00527 e. The molecule has 0 heteroatoms. The van der Waals surface area contributed by atoms with Crippen LogP contribution in [0.5, 0.6) is 0 Å².